The fourth-order valence-electron chi connectivity index (χ4n) is 3.44. The molecule has 4 aromatic rings. The number of fused-ring (bicyclic) bond motifs is 1. The quantitative estimate of drug-likeness (QED) is 0.427. The molecule has 0 radical (unpaired) electrons. The first-order valence-electron chi connectivity index (χ1n) is 9.90. The molecule has 0 saturated carbocycles. The van der Waals surface area contributed by atoms with Gasteiger partial charge in [0.1, 0.15) is 11.5 Å². The van der Waals surface area contributed by atoms with Gasteiger partial charge in [-0.3, -0.25) is 14.4 Å². The molecule has 160 valence electrons. The van der Waals surface area contributed by atoms with Crippen LogP contribution in [-0.2, 0) is 6.54 Å². The monoisotopic (exact) mass is 436 g/mol. The highest BCUT2D eigenvalue weighted by Gasteiger charge is 2.23. The van der Waals surface area contributed by atoms with Crippen molar-refractivity contribution < 1.29 is 14.3 Å². The SMILES string of the molecule is COc1cc(OC)cc(C(=O)N(CCn2nc(C)cc2C)c2nc3ccccc3s2)c1. The van der Waals surface area contributed by atoms with Crippen molar-refractivity contribution in [3.8, 4) is 11.5 Å². The molecule has 0 bridgehead atoms. The van der Waals surface area contributed by atoms with Crippen molar-refractivity contribution in [2.45, 2.75) is 20.4 Å². The highest BCUT2D eigenvalue weighted by atomic mass is 32.1. The van der Waals surface area contributed by atoms with E-state index in [2.05, 4.69) is 5.10 Å². The van der Waals surface area contributed by atoms with E-state index in [1.165, 1.54) is 11.3 Å². The summed E-state index contributed by atoms with van der Waals surface area (Å²) in [4.78, 5) is 20.0. The van der Waals surface area contributed by atoms with E-state index in [1.807, 2.05) is 48.9 Å². The molecule has 8 heteroatoms. The zero-order chi connectivity index (χ0) is 22.0. The lowest BCUT2D eigenvalue weighted by Crippen LogP contribution is -2.34. The van der Waals surface area contributed by atoms with Gasteiger partial charge in [0.25, 0.3) is 5.91 Å². The van der Waals surface area contributed by atoms with E-state index in [4.69, 9.17) is 14.5 Å². The van der Waals surface area contributed by atoms with Crippen molar-refractivity contribution in [1.29, 1.82) is 0 Å². The fourth-order valence-corrected chi connectivity index (χ4v) is 4.43. The van der Waals surface area contributed by atoms with Crippen LogP contribution in [-0.4, -0.2) is 41.4 Å². The van der Waals surface area contributed by atoms with E-state index in [-0.39, 0.29) is 5.91 Å². The van der Waals surface area contributed by atoms with Crippen molar-refractivity contribution in [3.05, 3.63) is 65.5 Å². The van der Waals surface area contributed by atoms with Crippen LogP contribution >= 0.6 is 11.3 Å². The maximum Gasteiger partial charge on any atom is 0.260 e. The van der Waals surface area contributed by atoms with E-state index in [0.29, 0.717) is 35.3 Å². The minimum Gasteiger partial charge on any atom is -0.497 e. The molecule has 0 unspecified atom stereocenters. The van der Waals surface area contributed by atoms with Crippen LogP contribution in [0.15, 0.2) is 48.5 Å². The Balaban J connectivity index is 1.72. The molecule has 1 amide bonds. The lowest BCUT2D eigenvalue weighted by Gasteiger charge is -2.21. The number of aryl methyl sites for hydroxylation is 2. The van der Waals surface area contributed by atoms with Gasteiger partial charge in [-0.1, -0.05) is 23.5 Å². The molecular formula is C23H24N4O3S. The molecule has 0 fully saturated rings. The predicted octanol–water partition coefficient (Wildman–Crippen LogP) is 4.47. The topological polar surface area (TPSA) is 69.5 Å². The van der Waals surface area contributed by atoms with Crippen LogP contribution in [0, 0.1) is 13.8 Å². The summed E-state index contributed by atoms with van der Waals surface area (Å²) in [6.45, 7) is 4.96. The second-order valence-corrected chi connectivity index (χ2v) is 8.18. The normalized spacial score (nSPS) is 11.0. The standard InChI is InChI=1S/C23H24N4O3S/c1-15-11-16(2)27(25-15)10-9-26(23-24-20-7-5-6-8-21(20)31-23)22(28)17-12-18(29-3)14-19(13-17)30-4/h5-8,11-14H,9-10H2,1-4H3. The van der Waals surface area contributed by atoms with Gasteiger partial charge in [0.2, 0.25) is 0 Å². The third kappa shape index (κ3) is 4.39. The number of carbonyl (C=O) groups is 1. The number of carbonyl (C=O) groups excluding carboxylic acids is 1. The summed E-state index contributed by atoms with van der Waals surface area (Å²) in [5, 5.41) is 5.17. The maximum absolute atomic E-state index is 13.6. The lowest BCUT2D eigenvalue weighted by molar-refractivity contribution is 0.0985. The number of hydrogen-bond donors (Lipinski definition) is 0. The number of amides is 1. The predicted molar refractivity (Wildman–Crippen MR) is 123 cm³/mol. The average molecular weight is 437 g/mol. The Hall–Kier alpha value is -3.39. The minimum absolute atomic E-state index is 0.169. The second kappa shape index (κ2) is 8.77. The molecule has 0 N–H and O–H groups in total. The number of hydrogen-bond acceptors (Lipinski definition) is 6. The van der Waals surface area contributed by atoms with Crippen molar-refractivity contribution in [2.24, 2.45) is 0 Å². The van der Waals surface area contributed by atoms with Gasteiger partial charge in [0.05, 0.1) is 36.7 Å². The Labute approximate surface area is 184 Å². The van der Waals surface area contributed by atoms with Crippen LogP contribution < -0.4 is 14.4 Å². The summed E-state index contributed by atoms with van der Waals surface area (Å²) in [6, 6.07) is 15.1. The molecule has 2 aromatic carbocycles. The average Bonchev–Trinajstić information content (AvgIpc) is 3.35. The molecule has 0 aliphatic rings. The first-order chi connectivity index (χ1) is 15.0. The molecule has 0 spiro atoms. The van der Waals surface area contributed by atoms with Gasteiger partial charge >= 0.3 is 0 Å². The van der Waals surface area contributed by atoms with Crippen LogP contribution in [0.5, 0.6) is 11.5 Å². The Bertz CT molecular complexity index is 1180. The number of anilines is 1. The Morgan fingerprint density at radius 3 is 2.39 bits per heavy atom. The number of ether oxygens (including phenoxy) is 2. The molecule has 2 aromatic heterocycles. The molecule has 0 saturated heterocycles. The zero-order valence-electron chi connectivity index (χ0n) is 18.0. The van der Waals surface area contributed by atoms with Crippen molar-refractivity contribution in [1.82, 2.24) is 14.8 Å². The molecule has 31 heavy (non-hydrogen) atoms. The first-order valence-corrected chi connectivity index (χ1v) is 10.7. The molecule has 7 nitrogen and oxygen atoms in total. The number of thiazole rings is 1. The molecule has 4 rings (SSSR count). The number of nitrogens with zero attached hydrogens (tertiary/aromatic N) is 4. The third-order valence-corrected chi connectivity index (χ3v) is 6.06. The van der Waals surface area contributed by atoms with Gasteiger partial charge in [0, 0.05) is 23.9 Å². The third-order valence-electron chi connectivity index (χ3n) is 5.00. The van der Waals surface area contributed by atoms with Gasteiger partial charge in [-0.2, -0.15) is 5.10 Å². The van der Waals surface area contributed by atoms with Crippen LogP contribution in [0.1, 0.15) is 21.7 Å². The van der Waals surface area contributed by atoms with E-state index < -0.39 is 0 Å². The van der Waals surface area contributed by atoms with Crippen LogP contribution in [0.3, 0.4) is 0 Å². The van der Waals surface area contributed by atoms with E-state index in [0.717, 1.165) is 21.6 Å². The van der Waals surface area contributed by atoms with Gasteiger partial charge < -0.3 is 9.47 Å². The van der Waals surface area contributed by atoms with Crippen LogP contribution in [0.2, 0.25) is 0 Å². The number of benzene rings is 2. The number of aromatic nitrogens is 3. The minimum atomic E-state index is -0.169. The zero-order valence-corrected chi connectivity index (χ0v) is 18.8. The molecule has 0 aliphatic heterocycles. The lowest BCUT2D eigenvalue weighted by atomic mass is 10.1. The van der Waals surface area contributed by atoms with Crippen molar-refractivity contribution in [3.63, 3.8) is 0 Å². The summed E-state index contributed by atoms with van der Waals surface area (Å²) in [5.41, 5.74) is 3.35. The van der Waals surface area contributed by atoms with Crippen molar-refractivity contribution >= 4 is 32.6 Å². The second-order valence-electron chi connectivity index (χ2n) is 7.17. The highest BCUT2D eigenvalue weighted by molar-refractivity contribution is 7.22. The largest absolute Gasteiger partial charge is 0.497 e. The van der Waals surface area contributed by atoms with Gasteiger partial charge in [0.15, 0.2) is 5.13 Å². The van der Waals surface area contributed by atoms with E-state index >= 15 is 0 Å². The number of para-hydroxylation sites is 1. The molecule has 2 heterocycles. The fraction of sp³-hybridized carbons (Fsp3) is 0.261. The van der Waals surface area contributed by atoms with E-state index in [9.17, 15) is 4.79 Å². The molecule has 0 aliphatic carbocycles. The molecular weight excluding hydrogens is 412 g/mol. The van der Waals surface area contributed by atoms with E-state index in [1.54, 1.807) is 37.3 Å². The Morgan fingerprint density at radius 2 is 1.77 bits per heavy atom. The van der Waals surface area contributed by atoms with Crippen LogP contribution in [0.25, 0.3) is 10.2 Å². The first kappa shape index (κ1) is 20.9. The molecule has 0 atom stereocenters. The summed E-state index contributed by atoms with van der Waals surface area (Å²) < 4.78 is 13.6. The maximum atomic E-state index is 13.6. The number of rotatable bonds is 7. The van der Waals surface area contributed by atoms with Gasteiger partial charge in [-0.05, 0) is 44.2 Å². The van der Waals surface area contributed by atoms with Crippen LogP contribution in [0.4, 0.5) is 5.13 Å². The Kier molecular flexibility index (Phi) is 5.90. The van der Waals surface area contributed by atoms with Crippen molar-refractivity contribution in [2.75, 3.05) is 25.7 Å². The van der Waals surface area contributed by atoms with Gasteiger partial charge in [-0.15, -0.1) is 0 Å². The summed E-state index contributed by atoms with van der Waals surface area (Å²) in [5.74, 6) is 0.953. The highest BCUT2D eigenvalue weighted by Crippen LogP contribution is 2.31. The smallest absolute Gasteiger partial charge is 0.260 e. The summed E-state index contributed by atoms with van der Waals surface area (Å²) in [6.07, 6.45) is 0. The Morgan fingerprint density at radius 1 is 1.06 bits per heavy atom. The van der Waals surface area contributed by atoms with Gasteiger partial charge in [-0.25, -0.2) is 4.98 Å². The summed E-state index contributed by atoms with van der Waals surface area (Å²) in [7, 11) is 3.13. The number of methoxy groups -OCH3 is 2. The summed E-state index contributed by atoms with van der Waals surface area (Å²) >= 11 is 1.49.